The van der Waals surface area contributed by atoms with Crippen molar-refractivity contribution in [1.82, 2.24) is 0 Å². The minimum atomic E-state index is -0.471. The Morgan fingerprint density at radius 1 is 0.913 bits per heavy atom. The second-order valence-electron chi connectivity index (χ2n) is 4.82. The van der Waals surface area contributed by atoms with E-state index in [0.29, 0.717) is 17.1 Å². The van der Waals surface area contributed by atoms with E-state index in [1.807, 2.05) is 6.07 Å². The van der Waals surface area contributed by atoms with Gasteiger partial charge >= 0.3 is 5.97 Å². The van der Waals surface area contributed by atoms with Crippen molar-refractivity contribution in [3.8, 4) is 11.5 Å². The average Bonchev–Trinajstić information content (AvgIpc) is 2.60. The molecule has 5 heteroatoms. The van der Waals surface area contributed by atoms with E-state index >= 15 is 0 Å². The molecule has 0 bridgehead atoms. The van der Waals surface area contributed by atoms with E-state index in [1.54, 1.807) is 49.6 Å². The van der Waals surface area contributed by atoms with Crippen LogP contribution in [0.4, 0.5) is 0 Å². The van der Waals surface area contributed by atoms with Crippen LogP contribution in [-0.4, -0.2) is 32.6 Å². The van der Waals surface area contributed by atoms with E-state index < -0.39 is 5.97 Å². The van der Waals surface area contributed by atoms with Gasteiger partial charge in [-0.1, -0.05) is 36.4 Å². The van der Waals surface area contributed by atoms with Gasteiger partial charge in [-0.15, -0.1) is 0 Å². The summed E-state index contributed by atoms with van der Waals surface area (Å²) in [4.78, 5) is 23.7. The monoisotopic (exact) mass is 314 g/mol. The minimum Gasteiger partial charge on any atom is -0.493 e. The van der Waals surface area contributed by atoms with Crippen LogP contribution in [0.1, 0.15) is 15.9 Å². The first-order chi connectivity index (χ1) is 11.1. The summed E-state index contributed by atoms with van der Waals surface area (Å²) in [5.41, 5.74) is 1.24. The molecule has 2 aromatic rings. The molecule has 23 heavy (non-hydrogen) atoms. The van der Waals surface area contributed by atoms with Crippen LogP contribution in [0.2, 0.25) is 0 Å². The number of rotatable bonds is 7. The van der Waals surface area contributed by atoms with Crippen LogP contribution in [0.5, 0.6) is 11.5 Å². The van der Waals surface area contributed by atoms with Crippen LogP contribution in [-0.2, 0) is 16.0 Å². The molecular formula is C18H18O5. The quantitative estimate of drug-likeness (QED) is 0.581. The van der Waals surface area contributed by atoms with Gasteiger partial charge in [0.2, 0.25) is 0 Å². The average molecular weight is 314 g/mol. The van der Waals surface area contributed by atoms with E-state index in [-0.39, 0.29) is 18.8 Å². The second-order valence-corrected chi connectivity index (χ2v) is 4.82. The van der Waals surface area contributed by atoms with Gasteiger partial charge in [-0.25, -0.2) is 0 Å². The van der Waals surface area contributed by atoms with Gasteiger partial charge in [0, 0.05) is 5.56 Å². The number of hydrogen-bond acceptors (Lipinski definition) is 5. The SMILES string of the molecule is COc1ccc(CC(=O)OCC(=O)c2ccccc2)cc1OC. The fourth-order valence-corrected chi connectivity index (χ4v) is 2.06. The predicted molar refractivity (Wildman–Crippen MR) is 85.0 cm³/mol. The van der Waals surface area contributed by atoms with Gasteiger partial charge in [-0.05, 0) is 17.7 Å². The number of benzene rings is 2. The van der Waals surface area contributed by atoms with Gasteiger partial charge in [0.1, 0.15) is 0 Å². The lowest BCUT2D eigenvalue weighted by Crippen LogP contribution is -2.15. The third kappa shape index (κ3) is 4.57. The molecule has 0 aliphatic rings. The molecule has 0 atom stereocenters. The summed E-state index contributed by atoms with van der Waals surface area (Å²) in [6, 6.07) is 13.9. The van der Waals surface area contributed by atoms with Crippen LogP contribution < -0.4 is 9.47 Å². The fourth-order valence-electron chi connectivity index (χ4n) is 2.06. The first-order valence-corrected chi connectivity index (χ1v) is 7.09. The van der Waals surface area contributed by atoms with Gasteiger partial charge < -0.3 is 14.2 Å². The zero-order chi connectivity index (χ0) is 16.7. The molecule has 0 saturated carbocycles. The summed E-state index contributed by atoms with van der Waals surface area (Å²) in [6.07, 6.45) is 0.0580. The number of carbonyl (C=O) groups excluding carboxylic acids is 2. The smallest absolute Gasteiger partial charge is 0.310 e. The maximum Gasteiger partial charge on any atom is 0.310 e. The molecule has 0 N–H and O–H groups in total. The predicted octanol–water partition coefficient (Wildman–Crippen LogP) is 2.67. The Hall–Kier alpha value is -2.82. The molecule has 0 aliphatic heterocycles. The van der Waals surface area contributed by atoms with Crippen molar-refractivity contribution in [2.75, 3.05) is 20.8 Å². The van der Waals surface area contributed by atoms with Crippen LogP contribution in [0, 0.1) is 0 Å². The van der Waals surface area contributed by atoms with E-state index in [9.17, 15) is 9.59 Å². The van der Waals surface area contributed by atoms with Gasteiger partial charge in [0.15, 0.2) is 23.9 Å². The van der Waals surface area contributed by atoms with Crippen LogP contribution in [0.15, 0.2) is 48.5 Å². The number of esters is 1. The highest BCUT2D eigenvalue weighted by Gasteiger charge is 2.12. The molecule has 0 radical (unpaired) electrons. The maximum absolute atomic E-state index is 11.9. The largest absolute Gasteiger partial charge is 0.493 e. The molecule has 0 fully saturated rings. The fraction of sp³-hybridized carbons (Fsp3) is 0.222. The molecule has 120 valence electrons. The Morgan fingerprint density at radius 2 is 1.61 bits per heavy atom. The zero-order valence-corrected chi connectivity index (χ0v) is 13.1. The van der Waals surface area contributed by atoms with Gasteiger partial charge in [0.25, 0.3) is 0 Å². The van der Waals surface area contributed by atoms with Crippen molar-refractivity contribution in [3.63, 3.8) is 0 Å². The molecule has 0 amide bonds. The Bertz CT molecular complexity index is 679. The van der Waals surface area contributed by atoms with Gasteiger partial charge in [-0.2, -0.15) is 0 Å². The molecular weight excluding hydrogens is 296 g/mol. The second kappa shape index (κ2) is 7.98. The Kier molecular flexibility index (Phi) is 5.74. The minimum absolute atomic E-state index is 0.0580. The molecule has 0 aromatic heterocycles. The lowest BCUT2D eigenvalue weighted by atomic mass is 10.1. The third-order valence-electron chi connectivity index (χ3n) is 3.26. The van der Waals surface area contributed by atoms with Gasteiger partial charge in [-0.3, -0.25) is 9.59 Å². The van der Waals surface area contributed by atoms with E-state index in [0.717, 1.165) is 5.56 Å². The van der Waals surface area contributed by atoms with Crippen molar-refractivity contribution < 1.29 is 23.8 Å². The number of methoxy groups -OCH3 is 2. The molecule has 2 rings (SSSR count). The summed E-state index contributed by atoms with van der Waals surface area (Å²) in [6.45, 7) is -0.268. The molecule has 0 aliphatic carbocycles. The summed E-state index contributed by atoms with van der Waals surface area (Å²) in [5.74, 6) is 0.426. The third-order valence-corrected chi connectivity index (χ3v) is 3.26. The van der Waals surface area contributed by atoms with Crippen molar-refractivity contribution in [1.29, 1.82) is 0 Å². The van der Waals surface area contributed by atoms with Crippen molar-refractivity contribution in [2.24, 2.45) is 0 Å². The molecule has 0 heterocycles. The van der Waals surface area contributed by atoms with Crippen molar-refractivity contribution in [2.45, 2.75) is 6.42 Å². The molecule has 0 saturated heterocycles. The Labute approximate surface area is 134 Å². The standard InChI is InChI=1S/C18H18O5/c1-21-16-9-8-13(10-17(16)22-2)11-18(20)23-12-15(19)14-6-4-3-5-7-14/h3-10H,11-12H2,1-2H3. The summed E-state index contributed by atoms with van der Waals surface area (Å²) < 4.78 is 15.4. The molecule has 0 spiro atoms. The molecule has 0 unspecified atom stereocenters. The number of ether oxygens (including phenoxy) is 3. The number of ketones is 1. The highest BCUT2D eigenvalue weighted by molar-refractivity contribution is 5.97. The van der Waals surface area contributed by atoms with Crippen molar-refractivity contribution >= 4 is 11.8 Å². The summed E-state index contributed by atoms with van der Waals surface area (Å²) in [7, 11) is 3.07. The highest BCUT2D eigenvalue weighted by atomic mass is 16.5. The first-order valence-electron chi connectivity index (χ1n) is 7.09. The van der Waals surface area contributed by atoms with Crippen LogP contribution in [0.25, 0.3) is 0 Å². The maximum atomic E-state index is 11.9. The lowest BCUT2D eigenvalue weighted by Gasteiger charge is -2.09. The number of hydrogen-bond donors (Lipinski definition) is 0. The van der Waals surface area contributed by atoms with E-state index in [1.165, 1.54) is 7.11 Å². The molecule has 2 aromatic carbocycles. The topological polar surface area (TPSA) is 61.8 Å². The number of Topliss-reactive ketones (excluding diaryl/α,β-unsaturated/α-hetero) is 1. The summed E-state index contributed by atoms with van der Waals surface area (Å²) in [5, 5.41) is 0. The van der Waals surface area contributed by atoms with Crippen LogP contribution in [0.3, 0.4) is 0 Å². The Balaban J connectivity index is 1.91. The zero-order valence-electron chi connectivity index (χ0n) is 13.1. The summed E-state index contributed by atoms with van der Waals surface area (Å²) >= 11 is 0. The van der Waals surface area contributed by atoms with Gasteiger partial charge in [0.05, 0.1) is 20.6 Å². The highest BCUT2D eigenvalue weighted by Crippen LogP contribution is 2.27. The number of carbonyl (C=O) groups is 2. The molecule has 5 nitrogen and oxygen atoms in total. The van der Waals surface area contributed by atoms with Crippen LogP contribution >= 0.6 is 0 Å². The normalized spacial score (nSPS) is 10.0. The van der Waals surface area contributed by atoms with E-state index in [4.69, 9.17) is 14.2 Å². The van der Waals surface area contributed by atoms with Crippen molar-refractivity contribution in [3.05, 3.63) is 59.7 Å². The van der Waals surface area contributed by atoms with E-state index in [2.05, 4.69) is 0 Å². The Morgan fingerprint density at radius 3 is 2.26 bits per heavy atom. The lowest BCUT2D eigenvalue weighted by molar-refractivity contribution is -0.141. The first kappa shape index (κ1) is 16.5.